The molecule has 0 saturated heterocycles. The Kier molecular flexibility index (Phi) is 4.88. The van der Waals surface area contributed by atoms with Crippen molar-refractivity contribution in [2.75, 3.05) is 18.1 Å². The number of hydrogen-bond acceptors (Lipinski definition) is 4. The molecule has 0 aliphatic heterocycles. The highest BCUT2D eigenvalue weighted by Gasteiger charge is 2.46. The van der Waals surface area contributed by atoms with E-state index in [9.17, 15) is 21.6 Å². The van der Waals surface area contributed by atoms with E-state index in [0.717, 1.165) is 6.26 Å². The molecule has 1 N–H and O–H groups in total. The van der Waals surface area contributed by atoms with Crippen LogP contribution in [0.2, 0.25) is 0 Å². The van der Waals surface area contributed by atoms with Gasteiger partial charge < -0.3 is 4.74 Å². The highest BCUT2D eigenvalue weighted by Crippen LogP contribution is 2.45. The number of hydrogen-bond donors (Lipinski definition) is 1. The number of pyridine rings is 1. The molecule has 1 saturated carbocycles. The number of alkyl halides is 3. The number of allylic oxidation sites excluding steroid dienone is 1. The van der Waals surface area contributed by atoms with Gasteiger partial charge in [-0.05, 0) is 24.8 Å². The van der Waals surface area contributed by atoms with Crippen LogP contribution in [0.3, 0.4) is 0 Å². The first-order chi connectivity index (χ1) is 10.6. The second-order valence-corrected chi connectivity index (χ2v) is 7.27. The Hall–Kier alpha value is -1.77. The third-order valence-electron chi connectivity index (χ3n) is 3.56. The van der Waals surface area contributed by atoms with E-state index in [0.29, 0.717) is 5.56 Å². The molecule has 1 heterocycles. The van der Waals surface area contributed by atoms with Crippen LogP contribution >= 0.6 is 0 Å². The smallest absolute Gasteiger partial charge is 0.391 e. The van der Waals surface area contributed by atoms with Gasteiger partial charge in [0.15, 0.2) is 0 Å². The van der Waals surface area contributed by atoms with Crippen molar-refractivity contribution in [3.8, 4) is 5.88 Å². The Bertz CT molecular complexity index is 696. The van der Waals surface area contributed by atoms with E-state index in [1.54, 1.807) is 12.2 Å². The third-order valence-corrected chi connectivity index (χ3v) is 4.17. The van der Waals surface area contributed by atoms with Crippen molar-refractivity contribution in [1.29, 1.82) is 0 Å². The number of aromatic nitrogens is 1. The molecule has 1 aliphatic rings. The minimum Gasteiger partial charge on any atom is -0.481 e. The van der Waals surface area contributed by atoms with Gasteiger partial charge in [-0.25, -0.2) is 13.4 Å². The summed E-state index contributed by atoms with van der Waals surface area (Å²) < 4.78 is 67.1. The fourth-order valence-corrected chi connectivity index (χ4v) is 2.89. The van der Waals surface area contributed by atoms with Gasteiger partial charge in [-0.1, -0.05) is 12.2 Å². The Morgan fingerprint density at radius 3 is 2.57 bits per heavy atom. The lowest BCUT2D eigenvalue weighted by Crippen LogP contribution is -2.34. The van der Waals surface area contributed by atoms with Gasteiger partial charge in [0.25, 0.3) is 0 Å². The standard InChI is InChI=1S/C14H17F3N2O3S/c1-22-13-10(7-12(8-18-13)19-23(2,20)21)4-3-9-5-11(6-9)14(15,16)17/h3-4,7-9,11,19H,5-6H2,1-2H3/b4-3+/t9-,11-. The Labute approximate surface area is 132 Å². The largest absolute Gasteiger partial charge is 0.481 e. The number of methoxy groups -OCH3 is 1. The van der Waals surface area contributed by atoms with Gasteiger partial charge in [-0.3, -0.25) is 4.72 Å². The van der Waals surface area contributed by atoms with Crippen LogP contribution in [-0.4, -0.2) is 32.9 Å². The van der Waals surface area contributed by atoms with E-state index < -0.39 is 22.1 Å². The molecule has 0 unspecified atom stereocenters. The average molecular weight is 350 g/mol. The van der Waals surface area contributed by atoms with Crippen molar-refractivity contribution in [2.24, 2.45) is 11.8 Å². The number of anilines is 1. The molecule has 0 atom stereocenters. The minimum absolute atomic E-state index is 0.0665. The lowest BCUT2D eigenvalue weighted by Gasteiger charge is -2.34. The second kappa shape index (κ2) is 6.38. The van der Waals surface area contributed by atoms with Crippen LogP contribution in [0.5, 0.6) is 5.88 Å². The van der Waals surface area contributed by atoms with Gasteiger partial charge in [0, 0.05) is 5.56 Å². The molecule has 9 heteroatoms. The van der Waals surface area contributed by atoms with E-state index >= 15 is 0 Å². The number of ether oxygens (including phenoxy) is 1. The third kappa shape index (κ3) is 4.85. The maximum atomic E-state index is 12.4. The van der Waals surface area contributed by atoms with Crippen molar-refractivity contribution < 1.29 is 26.3 Å². The number of rotatable bonds is 5. The molecule has 1 fully saturated rings. The molecule has 0 amide bonds. The average Bonchev–Trinajstić information content (AvgIpc) is 2.33. The molecule has 1 aliphatic carbocycles. The number of nitrogens with zero attached hydrogens (tertiary/aromatic N) is 1. The van der Waals surface area contributed by atoms with Crippen molar-refractivity contribution in [2.45, 2.75) is 19.0 Å². The van der Waals surface area contributed by atoms with Crippen molar-refractivity contribution in [3.05, 3.63) is 23.9 Å². The second-order valence-electron chi connectivity index (χ2n) is 5.53. The van der Waals surface area contributed by atoms with Crippen LogP contribution in [-0.2, 0) is 10.0 Å². The fraction of sp³-hybridized carbons (Fsp3) is 0.500. The summed E-state index contributed by atoms with van der Waals surface area (Å²) >= 11 is 0. The SMILES string of the molecule is COc1ncc(NS(C)(=O)=O)cc1/C=C/[C@H]1C[C@H](C(F)(F)F)C1. The summed E-state index contributed by atoms with van der Waals surface area (Å²) in [6.45, 7) is 0. The highest BCUT2D eigenvalue weighted by atomic mass is 32.2. The van der Waals surface area contributed by atoms with E-state index in [1.807, 2.05) is 0 Å². The quantitative estimate of drug-likeness (QED) is 0.886. The van der Waals surface area contributed by atoms with Crippen LogP contribution in [0.25, 0.3) is 6.08 Å². The molecule has 0 radical (unpaired) electrons. The van der Waals surface area contributed by atoms with Gasteiger partial charge in [0.1, 0.15) is 0 Å². The normalized spacial score (nSPS) is 22.0. The van der Waals surface area contributed by atoms with Crippen LogP contribution in [0.4, 0.5) is 18.9 Å². The number of halogens is 3. The van der Waals surface area contributed by atoms with Gasteiger partial charge in [-0.15, -0.1) is 0 Å². The van der Waals surface area contributed by atoms with Crippen molar-refractivity contribution in [1.82, 2.24) is 4.98 Å². The lowest BCUT2D eigenvalue weighted by atomic mass is 9.74. The molecule has 2 rings (SSSR count). The zero-order valence-corrected chi connectivity index (χ0v) is 13.4. The summed E-state index contributed by atoms with van der Waals surface area (Å²) in [4.78, 5) is 3.98. The summed E-state index contributed by atoms with van der Waals surface area (Å²) in [6, 6.07) is 1.52. The highest BCUT2D eigenvalue weighted by molar-refractivity contribution is 7.92. The fourth-order valence-electron chi connectivity index (χ4n) is 2.36. The van der Waals surface area contributed by atoms with E-state index in [2.05, 4.69) is 9.71 Å². The van der Waals surface area contributed by atoms with E-state index in [1.165, 1.54) is 19.4 Å². The number of nitrogens with one attached hydrogen (secondary N) is 1. The van der Waals surface area contributed by atoms with Gasteiger partial charge in [0.05, 0.1) is 31.2 Å². The summed E-state index contributed by atoms with van der Waals surface area (Å²) in [6.07, 6.45) is 1.60. The molecule has 1 aromatic heterocycles. The molecular weight excluding hydrogens is 333 g/mol. The van der Waals surface area contributed by atoms with Crippen LogP contribution < -0.4 is 9.46 Å². The Balaban J connectivity index is 2.09. The first-order valence-electron chi connectivity index (χ1n) is 6.85. The predicted octanol–water partition coefficient (Wildman–Crippen LogP) is 3.06. The first-order valence-corrected chi connectivity index (χ1v) is 8.74. The van der Waals surface area contributed by atoms with E-state index in [4.69, 9.17) is 4.74 Å². The molecule has 1 aromatic rings. The first kappa shape index (κ1) is 17.6. The minimum atomic E-state index is -4.14. The van der Waals surface area contributed by atoms with E-state index in [-0.39, 0.29) is 30.3 Å². The Morgan fingerprint density at radius 2 is 2.04 bits per heavy atom. The zero-order valence-electron chi connectivity index (χ0n) is 12.6. The lowest BCUT2D eigenvalue weighted by molar-refractivity contribution is -0.200. The van der Waals surface area contributed by atoms with Crippen molar-refractivity contribution >= 4 is 21.8 Å². The topological polar surface area (TPSA) is 68.3 Å². The summed E-state index contributed by atoms with van der Waals surface area (Å²) in [5.41, 5.74) is 0.756. The van der Waals surface area contributed by atoms with Gasteiger partial charge in [-0.2, -0.15) is 13.2 Å². The molecule has 0 aromatic carbocycles. The monoisotopic (exact) mass is 350 g/mol. The predicted molar refractivity (Wildman–Crippen MR) is 80.6 cm³/mol. The van der Waals surface area contributed by atoms with Gasteiger partial charge in [0.2, 0.25) is 15.9 Å². The number of sulfonamides is 1. The molecule has 128 valence electrons. The molecule has 0 spiro atoms. The molecule has 23 heavy (non-hydrogen) atoms. The van der Waals surface area contributed by atoms with Crippen LogP contribution in [0, 0.1) is 11.8 Å². The Morgan fingerprint density at radius 1 is 1.39 bits per heavy atom. The maximum absolute atomic E-state index is 12.4. The molecule has 0 bridgehead atoms. The molecular formula is C14H17F3N2O3S. The molecule has 5 nitrogen and oxygen atoms in total. The zero-order chi connectivity index (χ0) is 17.3. The summed E-state index contributed by atoms with van der Waals surface area (Å²) in [5.74, 6) is -1.12. The van der Waals surface area contributed by atoms with Crippen molar-refractivity contribution in [3.63, 3.8) is 0 Å². The van der Waals surface area contributed by atoms with Gasteiger partial charge >= 0.3 is 6.18 Å². The summed E-state index contributed by atoms with van der Waals surface area (Å²) in [5, 5.41) is 0. The summed E-state index contributed by atoms with van der Waals surface area (Å²) in [7, 11) is -2.03. The van der Waals surface area contributed by atoms with Crippen LogP contribution in [0.15, 0.2) is 18.3 Å². The van der Waals surface area contributed by atoms with Crippen LogP contribution in [0.1, 0.15) is 18.4 Å². The maximum Gasteiger partial charge on any atom is 0.391 e.